The number of benzene rings is 1. The third-order valence-electron chi connectivity index (χ3n) is 2.30. The molecule has 1 heterocycles. The highest BCUT2D eigenvalue weighted by Crippen LogP contribution is 2.28. The first-order valence-electron chi connectivity index (χ1n) is 4.90. The fraction of sp³-hybridized carbons (Fsp3) is 0.0769. The molecule has 1 aromatic carbocycles. The Morgan fingerprint density at radius 2 is 2.12 bits per heavy atom. The molecule has 0 aliphatic carbocycles. The van der Waals surface area contributed by atoms with Crippen LogP contribution in [-0.4, -0.2) is 18.4 Å². The summed E-state index contributed by atoms with van der Waals surface area (Å²) in [5.41, 5.74) is 2.23. The van der Waals surface area contributed by atoms with Crippen molar-refractivity contribution in [2.24, 2.45) is 0 Å². The molecule has 3 heteroatoms. The topological polar surface area (TPSA) is 39.2 Å². The Kier molecular flexibility index (Phi) is 2.96. The van der Waals surface area contributed by atoms with Crippen molar-refractivity contribution in [1.82, 2.24) is 4.98 Å². The molecule has 0 aliphatic heterocycles. The van der Waals surface area contributed by atoms with Crippen LogP contribution >= 0.6 is 0 Å². The lowest BCUT2D eigenvalue weighted by Gasteiger charge is -2.08. The van der Waals surface area contributed by atoms with E-state index in [0.29, 0.717) is 11.3 Å². The molecule has 0 saturated carbocycles. The Morgan fingerprint density at radius 3 is 2.75 bits per heavy atom. The van der Waals surface area contributed by atoms with Crippen molar-refractivity contribution < 1.29 is 9.53 Å². The molecule has 0 bridgehead atoms. The first-order valence-corrected chi connectivity index (χ1v) is 4.90. The van der Waals surface area contributed by atoms with Gasteiger partial charge in [-0.15, -0.1) is 0 Å². The third kappa shape index (κ3) is 1.93. The van der Waals surface area contributed by atoms with Crippen LogP contribution in [0.25, 0.3) is 11.3 Å². The Balaban J connectivity index is 2.57. The average Bonchev–Trinajstić information content (AvgIpc) is 2.39. The zero-order valence-electron chi connectivity index (χ0n) is 8.88. The predicted octanol–water partition coefficient (Wildman–Crippen LogP) is 2.57. The molecule has 0 atom stereocenters. The number of carbonyl (C=O) groups is 1. The van der Waals surface area contributed by atoms with E-state index < -0.39 is 0 Å². The van der Waals surface area contributed by atoms with E-state index in [-0.39, 0.29) is 0 Å². The maximum Gasteiger partial charge on any atom is 0.150 e. The van der Waals surface area contributed by atoms with Gasteiger partial charge in [0, 0.05) is 17.3 Å². The van der Waals surface area contributed by atoms with E-state index in [4.69, 9.17) is 4.74 Å². The van der Waals surface area contributed by atoms with Gasteiger partial charge in [0.15, 0.2) is 0 Å². The number of pyridine rings is 1. The van der Waals surface area contributed by atoms with Crippen LogP contribution in [0.1, 0.15) is 10.4 Å². The van der Waals surface area contributed by atoms with E-state index in [9.17, 15) is 4.79 Å². The summed E-state index contributed by atoms with van der Waals surface area (Å²) in [6.07, 6.45) is 2.52. The Hall–Kier alpha value is -2.16. The van der Waals surface area contributed by atoms with Gasteiger partial charge in [-0.1, -0.05) is 6.07 Å². The highest BCUT2D eigenvalue weighted by atomic mass is 16.5. The number of aldehydes is 1. The van der Waals surface area contributed by atoms with Crippen LogP contribution in [0.3, 0.4) is 0 Å². The molecule has 3 nitrogen and oxygen atoms in total. The fourth-order valence-electron chi connectivity index (χ4n) is 1.52. The highest BCUT2D eigenvalue weighted by Gasteiger charge is 2.07. The average molecular weight is 213 g/mol. The molecule has 0 radical (unpaired) electrons. The number of ether oxygens (including phenoxy) is 1. The number of carbonyl (C=O) groups excluding carboxylic acids is 1. The Labute approximate surface area is 93.7 Å². The lowest BCUT2D eigenvalue weighted by Crippen LogP contribution is -1.91. The van der Waals surface area contributed by atoms with Crippen LogP contribution in [0.5, 0.6) is 5.75 Å². The first kappa shape index (κ1) is 10.4. The molecule has 0 unspecified atom stereocenters. The monoisotopic (exact) mass is 213 g/mol. The summed E-state index contributed by atoms with van der Waals surface area (Å²) in [6, 6.07) is 10.9. The second kappa shape index (κ2) is 4.57. The molecule has 1 aromatic heterocycles. The van der Waals surface area contributed by atoms with Crippen molar-refractivity contribution in [2.45, 2.75) is 0 Å². The zero-order valence-corrected chi connectivity index (χ0v) is 8.88. The SMILES string of the molecule is COc1ccc(C=O)cc1-c1ccccn1. The molecule has 0 N–H and O–H groups in total. The van der Waals surface area contributed by atoms with Gasteiger partial charge in [0.1, 0.15) is 12.0 Å². The van der Waals surface area contributed by atoms with E-state index in [1.165, 1.54) is 0 Å². The van der Waals surface area contributed by atoms with E-state index >= 15 is 0 Å². The summed E-state index contributed by atoms with van der Waals surface area (Å²) in [5, 5.41) is 0. The maximum absolute atomic E-state index is 10.7. The van der Waals surface area contributed by atoms with E-state index in [1.54, 1.807) is 31.5 Å². The molecular formula is C13H11NO2. The van der Waals surface area contributed by atoms with Gasteiger partial charge in [-0.25, -0.2) is 0 Å². The number of rotatable bonds is 3. The van der Waals surface area contributed by atoms with Crippen molar-refractivity contribution >= 4 is 6.29 Å². The molecule has 2 aromatic rings. The molecular weight excluding hydrogens is 202 g/mol. The quantitative estimate of drug-likeness (QED) is 0.735. The Morgan fingerprint density at radius 1 is 1.25 bits per heavy atom. The lowest BCUT2D eigenvalue weighted by atomic mass is 10.1. The highest BCUT2D eigenvalue weighted by molar-refractivity contribution is 5.80. The minimum absolute atomic E-state index is 0.612. The van der Waals surface area contributed by atoms with Crippen LogP contribution in [-0.2, 0) is 0 Å². The molecule has 0 saturated heterocycles. The van der Waals surface area contributed by atoms with Crippen molar-refractivity contribution in [3.05, 3.63) is 48.2 Å². The maximum atomic E-state index is 10.7. The predicted molar refractivity (Wildman–Crippen MR) is 61.6 cm³/mol. The van der Waals surface area contributed by atoms with Crippen LogP contribution in [0.4, 0.5) is 0 Å². The van der Waals surface area contributed by atoms with Crippen LogP contribution < -0.4 is 4.74 Å². The molecule has 16 heavy (non-hydrogen) atoms. The van der Waals surface area contributed by atoms with Crippen molar-refractivity contribution in [3.8, 4) is 17.0 Å². The largest absolute Gasteiger partial charge is 0.496 e. The van der Waals surface area contributed by atoms with Crippen molar-refractivity contribution in [1.29, 1.82) is 0 Å². The molecule has 0 aliphatic rings. The summed E-state index contributed by atoms with van der Waals surface area (Å²) < 4.78 is 5.24. The zero-order chi connectivity index (χ0) is 11.4. The van der Waals surface area contributed by atoms with Crippen LogP contribution in [0.15, 0.2) is 42.6 Å². The van der Waals surface area contributed by atoms with E-state index in [1.807, 2.05) is 18.2 Å². The standard InChI is InChI=1S/C13H11NO2/c1-16-13-6-5-10(9-15)8-11(13)12-4-2-3-7-14-12/h2-9H,1H3. The van der Waals surface area contributed by atoms with Crippen molar-refractivity contribution in [3.63, 3.8) is 0 Å². The number of nitrogens with zero attached hydrogens (tertiary/aromatic N) is 1. The number of hydrogen-bond donors (Lipinski definition) is 0. The summed E-state index contributed by atoms with van der Waals surface area (Å²) in [4.78, 5) is 15.0. The minimum Gasteiger partial charge on any atom is -0.496 e. The Bertz CT molecular complexity index is 495. The van der Waals surface area contributed by atoms with Gasteiger partial charge in [-0.3, -0.25) is 9.78 Å². The number of aromatic nitrogens is 1. The summed E-state index contributed by atoms with van der Waals surface area (Å²) >= 11 is 0. The summed E-state index contributed by atoms with van der Waals surface area (Å²) in [6.45, 7) is 0. The minimum atomic E-state index is 0.612. The first-order chi connectivity index (χ1) is 7.85. The van der Waals surface area contributed by atoms with Gasteiger partial charge in [0.2, 0.25) is 0 Å². The molecule has 0 fully saturated rings. The summed E-state index contributed by atoms with van der Waals surface area (Å²) in [5.74, 6) is 0.712. The van der Waals surface area contributed by atoms with Crippen LogP contribution in [0, 0.1) is 0 Å². The molecule has 0 amide bonds. The molecule has 2 rings (SSSR count). The van der Waals surface area contributed by atoms with Gasteiger partial charge >= 0.3 is 0 Å². The van der Waals surface area contributed by atoms with Gasteiger partial charge in [-0.2, -0.15) is 0 Å². The second-order valence-corrected chi connectivity index (χ2v) is 3.29. The van der Waals surface area contributed by atoms with Gasteiger partial charge < -0.3 is 4.74 Å². The number of methoxy groups -OCH3 is 1. The molecule has 0 spiro atoms. The van der Waals surface area contributed by atoms with E-state index in [0.717, 1.165) is 17.5 Å². The second-order valence-electron chi connectivity index (χ2n) is 3.29. The third-order valence-corrected chi connectivity index (χ3v) is 2.30. The van der Waals surface area contributed by atoms with Gasteiger partial charge in [0.05, 0.1) is 12.8 Å². The number of hydrogen-bond acceptors (Lipinski definition) is 3. The van der Waals surface area contributed by atoms with E-state index in [2.05, 4.69) is 4.98 Å². The van der Waals surface area contributed by atoms with Gasteiger partial charge in [0.25, 0.3) is 0 Å². The summed E-state index contributed by atoms with van der Waals surface area (Å²) in [7, 11) is 1.60. The fourth-order valence-corrected chi connectivity index (χ4v) is 1.52. The van der Waals surface area contributed by atoms with Gasteiger partial charge in [-0.05, 0) is 30.3 Å². The molecule has 80 valence electrons. The van der Waals surface area contributed by atoms with Crippen LogP contribution in [0.2, 0.25) is 0 Å². The smallest absolute Gasteiger partial charge is 0.150 e. The normalized spacial score (nSPS) is 9.81. The van der Waals surface area contributed by atoms with Crippen molar-refractivity contribution in [2.75, 3.05) is 7.11 Å². The lowest BCUT2D eigenvalue weighted by molar-refractivity contribution is 0.112.